The summed E-state index contributed by atoms with van der Waals surface area (Å²) in [6.07, 6.45) is 1.63. The van der Waals surface area contributed by atoms with Gasteiger partial charge in [0.1, 0.15) is 5.82 Å². The minimum atomic E-state index is -0.370. The van der Waals surface area contributed by atoms with E-state index in [4.69, 9.17) is 5.26 Å². The Labute approximate surface area is 101 Å². The molecule has 17 heavy (non-hydrogen) atoms. The number of rotatable bonds is 2. The average molecular weight is 248 g/mol. The van der Waals surface area contributed by atoms with E-state index in [0.717, 1.165) is 0 Å². The zero-order valence-corrected chi connectivity index (χ0v) is 9.92. The molecule has 0 unspecified atom stereocenters. The molecule has 0 aliphatic rings. The Morgan fingerprint density at radius 3 is 3.00 bits per heavy atom. The van der Waals surface area contributed by atoms with Gasteiger partial charge in [-0.1, -0.05) is 0 Å². The summed E-state index contributed by atoms with van der Waals surface area (Å²) < 4.78 is 14.8. The molecule has 0 bridgehead atoms. The molecule has 5 heteroatoms. The SMILES string of the molecule is Cn1cc(SCC#N)c(=O)c2ccc(F)cc21. The predicted molar refractivity (Wildman–Crippen MR) is 65.5 cm³/mol. The van der Waals surface area contributed by atoms with Crippen LogP contribution in [0.3, 0.4) is 0 Å². The number of fused-ring (bicyclic) bond motifs is 1. The molecule has 0 atom stereocenters. The van der Waals surface area contributed by atoms with Crippen molar-refractivity contribution in [3.8, 4) is 6.07 Å². The van der Waals surface area contributed by atoms with Crippen LogP contribution >= 0.6 is 11.8 Å². The summed E-state index contributed by atoms with van der Waals surface area (Å²) in [4.78, 5) is 12.5. The molecule has 1 aromatic carbocycles. The van der Waals surface area contributed by atoms with Gasteiger partial charge in [0.05, 0.1) is 22.2 Å². The van der Waals surface area contributed by atoms with Gasteiger partial charge >= 0.3 is 0 Å². The second-order valence-electron chi connectivity index (χ2n) is 3.54. The molecular formula is C12H9FN2OS. The van der Waals surface area contributed by atoms with Crippen molar-refractivity contribution >= 4 is 22.7 Å². The first-order valence-electron chi connectivity index (χ1n) is 4.92. The van der Waals surface area contributed by atoms with E-state index in [1.165, 1.54) is 30.0 Å². The van der Waals surface area contributed by atoms with Crippen LogP contribution < -0.4 is 5.43 Å². The lowest BCUT2D eigenvalue weighted by Gasteiger charge is -2.07. The van der Waals surface area contributed by atoms with Crippen LogP contribution in [0, 0.1) is 17.1 Å². The monoisotopic (exact) mass is 248 g/mol. The van der Waals surface area contributed by atoms with Crippen molar-refractivity contribution < 1.29 is 4.39 Å². The molecular weight excluding hydrogens is 239 g/mol. The Morgan fingerprint density at radius 2 is 2.29 bits per heavy atom. The van der Waals surface area contributed by atoms with Crippen LogP contribution in [0.2, 0.25) is 0 Å². The molecule has 0 fully saturated rings. The van der Waals surface area contributed by atoms with Crippen LogP contribution in [0.1, 0.15) is 0 Å². The van der Waals surface area contributed by atoms with Gasteiger partial charge in [-0.3, -0.25) is 4.79 Å². The number of thioether (sulfide) groups is 1. The largest absolute Gasteiger partial charge is 0.349 e. The Morgan fingerprint density at radius 1 is 1.53 bits per heavy atom. The minimum Gasteiger partial charge on any atom is -0.349 e. The Bertz CT molecular complexity index is 672. The minimum absolute atomic E-state index is 0.154. The summed E-state index contributed by atoms with van der Waals surface area (Å²) in [6, 6.07) is 6.05. The molecule has 1 aromatic heterocycles. The van der Waals surface area contributed by atoms with E-state index in [1.807, 2.05) is 6.07 Å². The van der Waals surface area contributed by atoms with Gasteiger partial charge in [-0.05, 0) is 18.2 Å². The van der Waals surface area contributed by atoms with Crippen LogP contribution in [0.4, 0.5) is 4.39 Å². The highest BCUT2D eigenvalue weighted by molar-refractivity contribution is 7.99. The Balaban J connectivity index is 2.69. The third-order valence-electron chi connectivity index (χ3n) is 2.41. The lowest BCUT2D eigenvalue weighted by molar-refractivity contribution is 0.628. The number of halogens is 1. The molecule has 3 nitrogen and oxygen atoms in total. The maximum absolute atomic E-state index is 13.1. The molecule has 0 saturated carbocycles. The van der Waals surface area contributed by atoms with E-state index in [1.54, 1.807) is 17.8 Å². The summed E-state index contributed by atoms with van der Waals surface area (Å²) in [5.74, 6) is -0.146. The van der Waals surface area contributed by atoms with E-state index < -0.39 is 0 Å². The van der Waals surface area contributed by atoms with Gasteiger partial charge in [0.2, 0.25) is 5.43 Å². The van der Waals surface area contributed by atoms with Gasteiger partial charge in [0, 0.05) is 18.6 Å². The third-order valence-corrected chi connectivity index (χ3v) is 3.29. The number of nitrogens with zero attached hydrogens (tertiary/aromatic N) is 2. The molecule has 0 aliphatic carbocycles. The highest BCUT2D eigenvalue weighted by Crippen LogP contribution is 2.18. The van der Waals surface area contributed by atoms with Gasteiger partial charge in [0.25, 0.3) is 0 Å². The van der Waals surface area contributed by atoms with Crippen LogP contribution in [-0.2, 0) is 7.05 Å². The average Bonchev–Trinajstić information content (AvgIpc) is 2.32. The summed E-state index contributed by atoms with van der Waals surface area (Å²) in [5.41, 5.74) is 0.398. The van der Waals surface area contributed by atoms with Gasteiger partial charge in [0.15, 0.2) is 0 Å². The lowest BCUT2D eigenvalue weighted by atomic mass is 10.2. The van der Waals surface area contributed by atoms with Crippen molar-refractivity contribution in [2.75, 3.05) is 5.75 Å². The first-order valence-corrected chi connectivity index (χ1v) is 5.90. The van der Waals surface area contributed by atoms with Gasteiger partial charge in [-0.25, -0.2) is 4.39 Å². The molecule has 0 amide bonds. The summed E-state index contributed by atoms with van der Waals surface area (Å²) in [7, 11) is 1.75. The van der Waals surface area contributed by atoms with Crippen molar-refractivity contribution in [1.82, 2.24) is 4.57 Å². The zero-order valence-electron chi connectivity index (χ0n) is 9.11. The molecule has 0 spiro atoms. The number of aryl methyl sites for hydroxylation is 1. The molecule has 0 N–H and O–H groups in total. The number of hydrogen-bond donors (Lipinski definition) is 0. The molecule has 86 valence electrons. The quantitative estimate of drug-likeness (QED) is 0.766. The van der Waals surface area contributed by atoms with Crippen LogP contribution in [0.15, 0.2) is 34.1 Å². The predicted octanol–water partition coefficient (Wildman–Crippen LogP) is 2.29. The van der Waals surface area contributed by atoms with E-state index in [0.29, 0.717) is 15.8 Å². The second kappa shape index (κ2) is 4.60. The van der Waals surface area contributed by atoms with Crippen molar-refractivity contribution in [3.63, 3.8) is 0 Å². The maximum Gasteiger partial charge on any atom is 0.202 e. The van der Waals surface area contributed by atoms with Gasteiger partial charge in [-0.2, -0.15) is 5.26 Å². The standard InChI is InChI=1S/C12H9FN2OS/c1-15-7-11(17-5-4-14)12(16)9-3-2-8(13)6-10(9)15/h2-3,6-7H,5H2,1H3. The molecule has 0 saturated heterocycles. The van der Waals surface area contributed by atoms with Gasteiger partial charge in [-0.15, -0.1) is 11.8 Å². The molecule has 1 heterocycles. The molecule has 0 radical (unpaired) electrons. The normalized spacial score (nSPS) is 10.4. The van der Waals surface area contributed by atoms with Crippen LogP contribution in [0.5, 0.6) is 0 Å². The van der Waals surface area contributed by atoms with Crippen molar-refractivity contribution in [2.24, 2.45) is 7.05 Å². The highest BCUT2D eigenvalue weighted by Gasteiger charge is 2.08. The fourth-order valence-corrected chi connectivity index (χ4v) is 2.33. The van der Waals surface area contributed by atoms with Crippen molar-refractivity contribution in [3.05, 3.63) is 40.4 Å². The topological polar surface area (TPSA) is 45.8 Å². The van der Waals surface area contributed by atoms with E-state index in [-0.39, 0.29) is 17.0 Å². The first-order chi connectivity index (χ1) is 8.13. The van der Waals surface area contributed by atoms with Crippen molar-refractivity contribution in [1.29, 1.82) is 5.26 Å². The Kier molecular flexibility index (Phi) is 3.16. The number of pyridine rings is 1. The van der Waals surface area contributed by atoms with Crippen molar-refractivity contribution in [2.45, 2.75) is 4.90 Å². The maximum atomic E-state index is 13.1. The summed E-state index contributed by atoms with van der Waals surface area (Å²) >= 11 is 1.19. The molecule has 0 aliphatic heterocycles. The fourth-order valence-electron chi connectivity index (χ4n) is 1.64. The summed E-state index contributed by atoms with van der Waals surface area (Å²) in [6.45, 7) is 0. The third kappa shape index (κ3) is 2.17. The van der Waals surface area contributed by atoms with Gasteiger partial charge < -0.3 is 4.57 Å². The number of hydrogen-bond acceptors (Lipinski definition) is 3. The Hall–Kier alpha value is -1.80. The zero-order chi connectivity index (χ0) is 12.4. The molecule has 2 rings (SSSR count). The lowest BCUT2D eigenvalue weighted by Crippen LogP contribution is -2.10. The fraction of sp³-hybridized carbons (Fsp3) is 0.167. The van der Waals surface area contributed by atoms with E-state index in [2.05, 4.69) is 0 Å². The van der Waals surface area contributed by atoms with Crippen LogP contribution in [0.25, 0.3) is 10.9 Å². The highest BCUT2D eigenvalue weighted by atomic mass is 32.2. The van der Waals surface area contributed by atoms with E-state index >= 15 is 0 Å². The number of benzene rings is 1. The number of nitriles is 1. The van der Waals surface area contributed by atoms with E-state index in [9.17, 15) is 9.18 Å². The second-order valence-corrected chi connectivity index (χ2v) is 4.56. The smallest absolute Gasteiger partial charge is 0.202 e. The first kappa shape index (κ1) is 11.7. The number of aromatic nitrogens is 1. The molecule has 2 aromatic rings. The van der Waals surface area contributed by atoms with Crippen LogP contribution in [-0.4, -0.2) is 10.3 Å². The summed E-state index contributed by atoms with van der Waals surface area (Å²) in [5, 5.41) is 8.98.